The molecule has 3 nitrogen and oxygen atoms in total. The van der Waals surface area contributed by atoms with Crippen LogP contribution in [-0.4, -0.2) is 30.3 Å². The van der Waals surface area contributed by atoms with E-state index in [-0.39, 0.29) is 13.1 Å². The van der Waals surface area contributed by atoms with Crippen LogP contribution in [0.25, 0.3) is 5.57 Å². The molecule has 1 heterocycles. The predicted octanol–water partition coefficient (Wildman–Crippen LogP) is 4.10. The van der Waals surface area contributed by atoms with Crippen LogP contribution in [0.15, 0.2) is 24.3 Å². The maximum Gasteiger partial charge on any atom is 0.492 e. The van der Waals surface area contributed by atoms with Crippen molar-refractivity contribution in [1.82, 2.24) is 5.06 Å². The number of alkyl halides is 3. The average molecular weight is 340 g/mol. The summed E-state index contributed by atoms with van der Waals surface area (Å²) < 4.78 is 36.3. The normalized spacial score (nSPS) is 16.5. The number of carbonyl (C=O) groups is 1. The Labute approximate surface area is 128 Å². The molecule has 8 heteroatoms. The summed E-state index contributed by atoms with van der Waals surface area (Å²) in [5.41, 5.74) is 1.64. The lowest BCUT2D eigenvalue weighted by Crippen LogP contribution is -2.37. The van der Waals surface area contributed by atoms with E-state index in [1.165, 1.54) is 0 Å². The Hall–Kier alpha value is -1.24. The topological polar surface area (TPSA) is 29.5 Å². The first-order chi connectivity index (χ1) is 9.77. The molecular weight excluding hydrogens is 330 g/mol. The molecule has 0 aromatic heterocycles. The molecule has 0 N–H and O–H groups in total. The van der Waals surface area contributed by atoms with E-state index in [0.717, 1.165) is 16.2 Å². The summed E-state index contributed by atoms with van der Waals surface area (Å²) in [4.78, 5) is 15.0. The number of hydroxylamine groups is 2. The number of benzene rings is 1. The summed E-state index contributed by atoms with van der Waals surface area (Å²) in [6.45, 7) is 0.225. The molecule has 0 bridgehead atoms. The van der Waals surface area contributed by atoms with Crippen molar-refractivity contribution in [3.8, 4) is 0 Å². The second kappa shape index (κ2) is 6.25. The Morgan fingerprint density at radius 3 is 2.52 bits per heavy atom. The maximum atomic E-state index is 12.1. The number of carbonyl (C=O) groups excluding carboxylic acids is 1. The molecular formula is C13H10Cl2F3NO2. The van der Waals surface area contributed by atoms with Gasteiger partial charge in [-0.05, 0) is 29.7 Å². The second-order valence-corrected chi connectivity index (χ2v) is 5.21. The highest BCUT2D eigenvalue weighted by Crippen LogP contribution is 2.31. The molecule has 1 aromatic carbocycles. The quantitative estimate of drug-likeness (QED) is 0.812. The van der Waals surface area contributed by atoms with Crippen LogP contribution < -0.4 is 0 Å². The first-order valence-corrected chi connectivity index (χ1v) is 6.71. The summed E-state index contributed by atoms with van der Waals surface area (Å²) >= 11 is 11.9. The van der Waals surface area contributed by atoms with Crippen LogP contribution >= 0.6 is 23.2 Å². The van der Waals surface area contributed by atoms with Crippen LogP contribution in [0.2, 0.25) is 10.0 Å². The number of nitrogens with zero attached hydrogens (tertiary/aromatic N) is 1. The van der Waals surface area contributed by atoms with Gasteiger partial charge < -0.3 is 4.84 Å². The van der Waals surface area contributed by atoms with E-state index < -0.39 is 12.1 Å². The van der Waals surface area contributed by atoms with Gasteiger partial charge in [0.15, 0.2) is 0 Å². The van der Waals surface area contributed by atoms with E-state index in [1.807, 2.05) is 0 Å². The summed E-state index contributed by atoms with van der Waals surface area (Å²) in [5, 5.41) is 1.93. The van der Waals surface area contributed by atoms with E-state index in [0.29, 0.717) is 16.5 Å². The Morgan fingerprint density at radius 2 is 2.00 bits per heavy atom. The second-order valence-electron chi connectivity index (χ2n) is 4.37. The summed E-state index contributed by atoms with van der Waals surface area (Å²) in [7, 11) is 0. The lowest BCUT2D eigenvalue weighted by atomic mass is 10.0. The van der Waals surface area contributed by atoms with Gasteiger partial charge in [-0.2, -0.15) is 13.2 Å². The zero-order valence-electron chi connectivity index (χ0n) is 10.6. The highest BCUT2D eigenvalue weighted by molar-refractivity contribution is 6.35. The summed E-state index contributed by atoms with van der Waals surface area (Å²) in [6.07, 6.45) is -2.92. The van der Waals surface area contributed by atoms with Gasteiger partial charge in [-0.15, -0.1) is 5.06 Å². The standard InChI is InChI=1S/C13H10Cl2F3NO2/c14-9-1-2-10(11(15)7-9)8-3-5-19(6-4-8)21-12(20)13(16,17)18/h1-3,7H,4-6H2. The number of halogens is 5. The van der Waals surface area contributed by atoms with Crippen LogP contribution in [0.1, 0.15) is 12.0 Å². The number of hydrogen-bond acceptors (Lipinski definition) is 3. The Bertz CT molecular complexity index is 587. The van der Waals surface area contributed by atoms with Crippen molar-refractivity contribution in [3.63, 3.8) is 0 Å². The first kappa shape index (κ1) is 16.1. The van der Waals surface area contributed by atoms with Gasteiger partial charge >= 0.3 is 12.1 Å². The van der Waals surface area contributed by atoms with Crippen LogP contribution in [0, 0.1) is 0 Å². The molecule has 1 aliphatic heterocycles. The van der Waals surface area contributed by atoms with Crippen LogP contribution in [0.4, 0.5) is 13.2 Å². The van der Waals surface area contributed by atoms with Crippen molar-refractivity contribution in [2.24, 2.45) is 0 Å². The number of hydrogen-bond donors (Lipinski definition) is 0. The van der Waals surface area contributed by atoms with Gasteiger partial charge in [0.05, 0.1) is 6.54 Å². The summed E-state index contributed by atoms with van der Waals surface area (Å²) in [6, 6.07) is 5.02. The van der Waals surface area contributed by atoms with E-state index >= 15 is 0 Å². The molecule has 0 aliphatic carbocycles. The minimum atomic E-state index is -5.00. The molecule has 1 aliphatic rings. The zero-order valence-corrected chi connectivity index (χ0v) is 12.1. The van der Waals surface area contributed by atoms with Gasteiger partial charge in [-0.25, -0.2) is 4.79 Å². The zero-order chi connectivity index (χ0) is 15.6. The monoisotopic (exact) mass is 339 g/mol. The molecule has 21 heavy (non-hydrogen) atoms. The van der Waals surface area contributed by atoms with E-state index in [1.54, 1.807) is 24.3 Å². The Balaban J connectivity index is 2.04. The van der Waals surface area contributed by atoms with Gasteiger partial charge in [-0.1, -0.05) is 35.3 Å². The van der Waals surface area contributed by atoms with Gasteiger partial charge in [0.25, 0.3) is 0 Å². The van der Waals surface area contributed by atoms with Crippen molar-refractivity contribution in [1.29, 1.82) is 0 Å². The molecule has 0 radical (unpaired) electrons. The van der Waals surface area contributed by atoms with Gasteiger partial charge in [0.2, 0.25) is 0 Å². The average Bonchev–Trinajstić information content (AvgIpc) is 2.39. The van der Waals surface area contributed by atoms with Gasteiger partial charge in [0, 0.05) is 16.6 Å². The largest absolute Gasteiger partial charge is 0.492 e. The van der Waals surface area contributed by atoms with E-state index in [4.69, 9.17) is 23.2 Å². The molecule has 0 spiro atoms. The molecule has 1 aromatic rings. The third kappa shape index (κ3) is 4.12. The van der Waals surface area contributed by atoms with E-state index in [2.05, 4.69) is 4.84 Å². The molecule has 0 atom stereocenters. The third-order valence-corrected chi connectivity index (χ3v) is 3.44. The SMILES string of the molecule is O=C(ON1CC=C(c2ccc(Cl)cc2Cl)CC1)C(F)(F)F. The van der Waals surface area contributed by atoms with Gasteiger partial charge in [0.1, 0.15) is 0 Å². The van der Waals surface area contributed by atoms with E-state index in [9.17, 15) is 18.0 Å². The molecule has 0 amide bonds. The third-order valence-electron chi connectivity index (χ3n) is 2.89. The lowest BCUT2D eigenvalue weighted by molar-refractivity contribution is -0.237. The first-order valence-electron chi connectivity index (χ1n) is 5.96. The molecule has 0 saturated heterocycles. The lowest BCUT2D eigenvalue weighted by Gasteiger charge is -2.25. The summed E-state index contributed by atoms with van der Waals surface area (Å²) in [5.74, 6) is -2.22. The van der Waals surface area contributed by atoms with Crippen LogP contribution in [-0.2, 0) is 9.63 Å². The molecule has 0 saturated carbocycles. The number of rotatable bonds is 2. The fraction of sp³-hybridized carbons (Fsp3) is 0.308. The van der Waals surface area contributed by atoms with Crippen molar-refractivity contribution in [2.75, 3.05) is 13.1 Å². The highest BCUT2D eigenvalue weighted by Gasteiger charge is 2.42. The van der Waals surface area contributed by atoms with Crippen LogP contribution in [0.5, 0.6) is 0 Å². The smallest absolute Gasteiger partial charge is 0.360 e. The highest BCUT2D eigenvalue weighted by atomic mass is 35.5. The molecule has 0 fully saturated rings. The van der Waals surface area contributed by atoms with Crippen molar-refractivity contribution in [3.05, 3.63) is 39.9 Å². The predicted molar refractivity (Wildman–Crippen MR) is 72.8 cm³/mol. The Kier molecular flexibility index (Phi) is 4.81. The van der Waals surface area contributed by atoms with Crippen molar-refractivity contribution in [2.45, 2.75) is 12.6 Å². The van der Waals surface area contributed by atoms with Crippen molar-refractivity contribution < 1.29 is 22.8 Å². The molecule has 114 valence electrons. The minimum Gasteiger partial charge on any atom is -0.360 e. The Morgan fingerprint density at radius 1 is 1.29 bits per heavy atom. The minimum absolute atomic E-state index is 0.0656. The fourth-order valence-corrected chi connectivity index (χ4v) is 2.43. The van der Waals surface area contributed by atoms with Gasteiger partial charge in [-0.3, -0.25) is 0 Å². The maximum absolute atomic E-state index is 12.1. The molecule has 0 unspecified atom stereocenters. The molecule has 2 rings (SSSR count). The van der Waals surface area contributed by atoms with Crippen molar-refractivity contribution >= 4 is 34.7 Å². The fourth-order valence-electron chi connectivity index (χ4n) is 1.90. The van der Waals surface area contributed by atoms with Crippen LogP contribution in [0.3, 0.4) is 0 Å².